The minimum absolute atomic E-state index is 0.0946. The van der Waals surface area contributed by atoms with Gasteiger partial charge in [0.25, 0.3) is 4.96 Å². The van der Waals surface area contributed by atoms with E-state index in [4.69, 9.17) is 0 Å². The Balaban J connectivity index is 1.87. The van der Waals surface area contributed by atoms with Crippen molar-refractivity contribution in [2.45, 2.75) is 6.10 Å². The van der Waals surface area contributed by atoms with Crippen molar-refractivity contribution in [1.29, 1.82) is 0 Å². The van der Waals surface area contributed by atoms with E-state index in [1.165, 1.54) is 44.9 Å². The van der Waals surface area contributed by atoms with Gasteiger partial charge in [-0.05, 0) is 22.6 Å². The number of hydrogen-bond donors (Lipinski definition) is 1. The fourth-order valence-electron chi connectivity index (χ4n) is 2.32. The highest BCUT2D eigenvalue weighted by Crippen LogP contribution is 2.31. The average molecular weight is 336 g/mol. The lowest BCUT2D eigenvalue weighted by atomic mass is 10.1. The quantitative estimate of drug-likeness (QED) is 0.572. The number of nitro groups is 1. The van der Waals surface area contributed by atoms with E-state index in [1.54, 1.807) is 18.6 Å². The van der Waals surface area contributed by atoms with Crippen LogP contribution in [0.4, 0.5) is 16.0 Å². The molecule has 9 heteroatoms. The largest absolute Gasteiger partial charge is 0.387 e. The van der Waals surface area contributed by atoms with Gasteiger partial charge in [0, 0.05) is 19.0 Å². The monoisotopic (exact) mass is 336 g/mol. The maximum absolute atomic E-state index is 12.9. The average Bonchev–Trinajstić information content (AvgIpc) is 3.07. The lowest BCUT2D eigenvalue weighted by Gasteiger charge is -2.20. The van der Waals surface area contributed by atoms with Crippen molar-refractivity contribution in [2.75, 3.05) is 18.5 Å². The van der Waals surface area contributed by atoms with Crippen molar-refractivity contribution in [3.63, 3.8) is 0 Å². The molecular formula is C14H13FN4O3S. The number of anilines is 1. The fourth-order valence-corrected chi connectivity index (χ4v) is 3.03. The van der Waals surface area contributed by atoms with Crippen LogP contribution in [0.5, 0.6) is 0 Å². The number of benzene rings is 1. The molecular weight excluding hydrogens is 323 g/mol. The van der Waals surface area contributed by atoms with Gasteiger partial charge >= 0.3 is 5.82 Å². The minimum atomic E-state index is -0.917. The fraction of sp³-hybridized carbons (Fsp3) is 0.214. The van der Waals surface area contributed by atoms with Gasteiger partial charge in [-0.2, -0.15) is 9.38 Å². The minimum Gasteiger partial charge on any atom is -0.387 e. The number of nitrogens with zero attached hydrogens (tertiary/aromatic N) is 4. The maximum Gasteiger partial charge on any atom is 0.373 e. The highest BCUT2D eigenvalue weighted by atomic mass is 32.1. The Morgan fingerprint density at radius 1 is 1.48 bits per heavy atom. The van der Waals surface area contributed by atoms with E-state index in [0.29, 0.717) is 10.5 Å². The highest BCUT2D eigenvalue weighted by Gasteiger charge is 2.27. The van der Waals surface area contributed by atoms with E-state index in [2.05, 4.69) is 4.98 Å². The Morgan fingerprint density at radius 2 is 2.17 bits per heavy atom. The molecule has 0 aliphatic carbocycles. The number of likely N-dealkylation sites (N-methyl/N-ethyl adjacent to an activating group) is 1. The summed E-state index contributed by atoms with van der Waals surface area (Å²) in [7, 11) is 1.62. The first-order chi connectivity index (χ1) is 11.0. The summed E-state index contributed by atoms with van der Waals surface area (Å²) in [6, 6.07) is 5.48. The van der Waals surface area contributed by atoms with Crippen molar-refractivity contribution in [3.05, 3.63) is 57.3 Å². The van der Waals surface area contributed by atoms with E-state index in [1.807, 2.05) is 0 Å². The molecule has 0 aliphatic heterocycles. The molecule has 0 fully saturated rings. The molecule has 2 heterocycles. The van der Waals surface area contributed by atoms with Gasteiger partial charge in [-0.15, -0.1) is 0 Å². The molecule has 3 aromatic rings. The van der Waals surface area contributed by atoms with Gasteiger partial charge in [-0.1, -0.05) is 23.5 Å². The van der Waals surface area contributed by atoms with E-state index in [0.717, 1.165) is 0 Å². The molecule has 2 aromatic heterocycles. The number of rotatable bonds is 5. The van der Waals surface area contributed by atoms with Gasteiger partial charge in [0.1, 0.15) is 12.0 Å². The molecule has 23 heavy (non-hydrogen) atoms. The molecule has 0 aliphatic rings. The second-order valence-electron chi connectivity index (χ2n) is 5.02. The molecule has 0 saturated carbocycles. The topological polar surface area (TPSA) is 83.9 Å². The Kier molecular flexibility index (Phi) is 3.97. The second-order valence-corrected chi connectivity index (χ2v) is 5.89. The third-order valence-electron chi connectivity index (χ3n) is 3.46. The van der Waals surface area contributed by atoms with Crippen LogP contribution in [0, 0.1) is 15.9 Å². The van der Waals surface area contributed by atoms with E-state index in [9.17, 15) is 19.6 Å². The molecule has 0 amide bonds. The predicted octanol–water partition coefficient (Wildman–Crippen LogP) is 2.61. The molecule has 0 spiro atoms. The smallest absolute Gasteiger partial charge is 0.373 e. The molecule has 120 valence electrons. The normalized spacial score (nSPS) is 12.5. The summed E-state index contributed by atoms with van der Waals surface area (Å²) in [5, 5.41) is 23.3. The Bertz CT molecular complexity index is 845. The zero-order valence-electron chi connectivity index (χ0n) is 12.1. The SMILES string of the molecule is CN(C[C@@H](O)c1ccc(F)cc1)c1nc2sccn2c1[N+](=O)[O-]. The molecule has 3 rings (SSSR count). The zero-order chi connectivity index (χ0) is 16.6. The van der Waals surface area contributed by atoms with Crippen molar-refractivity contribution in [2.24, 2.45) is 0 Å². The number of imidazole rings is 1. The standard InChI is InChI=1S/C14H13FN4O3S/c1-17(8-11(20)9-2-4-10(15)5-3-9)12-13(19(21)22)18-6-7-23-14(18)16-12/h2-7,11,20H,8H2,1H3/t11-/m1/s1. The van der Waals surface area contributed by atoms with Crippen LogP contribution in [0.2, 0.25) is 0 Å². The number of aliphatic hydroxyl groups is 1. The van der Waals surface area contributed by atoms with Crippen LogP contribution in [0.3, 0.4) is 0 Å². The summed E-state index contributed by atoms with van der Waals surface area (Å²) >= 11 is 1.29. The molecule has 0 saturated heterocycles. The third kappa shape index (κ3) is 2.88. The van der Waals surface area contributed by atoms with Gasteiger partial charge in [0.2, 0.25) is 5.82 Å². The molecule has 7 nitrogen and oxygen atoms in total. The Labute approximate surface area is 134 Å². The van der Waals surface area contributed by atoms with Gasteiger partial charge in [-0.3, -0.25) is 0 Å². The summed E-state index contributed by atoms with van der Waals surface area (Å²) in [5.41, 5.74) is 0.530. The Hall–Kier alpha value is -2.52. The van der Waals surface area contributed by atoms with Crippen LogP contribution in [0.25, 0.3) is 4.96 Å². The first-order valence-electron chi connectivity index (χ1n) is 6.72. The summed E-state index contributed by atoms with van der Waals surface area (Å²) < 4.78 is 14.3. The van der Waals surface area contributed by atoms with Crippen LogP contribution in [0.15, 0.2) is 35.8 Å². The van der Waals surface area contributed by atoms with Crippen LogP contribution in [0.1, 0.15) is 11.7 Å². The van der Waals surface area contributed by atoms with Crippen molar-refractivity contribution >= 4 is 27.9 Å². The van der Waals surface area contributed by atoms with E-state index in [-0.39, 0.29) is 24.0 Å². The third-order valence-corrected chi connectivity index (χ3v) is 4.21. The van der Waals surface area contributed by atoms with Gasteiger partial charge in [-0.25, -0.2) is 4.39 Å². The molecule has 0 radical (unpaired) electrons. The first-order valence-corrected chi connectivity index (χ1v) is 7.60. The van der Waals surface area contributed by atoms with E-state index >= 15 is 0 Å². The predicted molar refractivity (Wildman–Crippen MR) is 84.4 cm³/mol. The van der Waals surface area contributed by atoms with Crippen LogP contribution < -0.4 is 4.90 Å². The summed E-state index contributed by atoms with van der Waals surface area (Å²) in [5.74, 6) is -0.350. The van der Waals surface area contributed by atoms with Crippen molar-refractivity contribution < 1.29 is 14.4 Å². The van der Waals surface area contributed by atoms with Crippen LogP contribution in [-0.4, -0.2) is 33.0 Å². The van der Waals surface area contributed by atoms with Crippen molar-refractivity contribution in [3.8, 4) is 0 Å². The van der Waals surface area contributed by atoms with Crippen molar-refractivity contribution in [1.82, 2.24) is 9.38 Å². The molecule has 0 unspecified atom stereocenters. The first kappa shape index (κ1) is 15.4. The highest BCUT2D eigenvalue weighted by molar-refractivity contribution is 7.15. The number of halogens is 1. The maximum atomic E-state index is 12.9. The Morgan fingerprint density at radius 3 is 2.83 bits per heavy atom. The molecule has 1 N–H and O–H groups in total. The van der Waals surface area contributed by atoms with Gasteiger partial charge < -0.3 is 20.1 Å². The summed E-state index contributed by atoms with van der Waals surface area (Å²) in [6.45, 7) is 0.0946. The number of hydrogen-bond acceptors (Lipinski definition) is 6. The number of aromatic nitrogens is 2. The lowest BCUT2D eigenvalue weighted by Crippen LogP contribution is -2.25. The van der Waals surface area contributed by atoms with Gasteiger partial charge in [0.05, 0.1) is 6.10 Å². The van der Waals surface area contributed by atoms with Crippen LogP contribution in [-0.2, 0) is 0 Å². The summed E-state index contributed by atoms with van der Waals surface area (Å²) in [4.78, 5) is 17.1. The lowest BCUT2D eigenvalue weighted by molar-refractivity contribution is -0.389. The second kappa shape index (κ2) is 5.94. The van der Waals surface area contributed by atoms with E-state index < -0.39 is 11.0 Å². The summed E-state index contributed by atoms with van der Waals surface area (Å²) in [6.07, 6.45) is 0.665. The molecule has 0 bridgehead atoms. The molecule has 1 atom stereocenters. The number of fused-ring (bicyclic) bond motifs is 1. The van der Waals surface area contributed by atoms with Gasteiger partial charge in [0.15, 0.2) is 0 Å². The molecule has 1 aromatic carbocycles. The number of thiazole rings is 1. The number of aliphatic hydroxyl groups excluding tert-OH is 1. The van der Waals surface area contributed by atoms with Crippen LogP contribution >= 0.6 is 11.3 Å². The zero-order valence-corrected chi connectivity index (χ0v) is 12.9.